The van der Waals surface area contributed by atoms with Gasteiger partial charge in [-0.15, -0.1) is 0 Å². The highest BCUT2D eigenvalue weighted by atomic mass is 16.4. The van der Waals surface area contributed by atoms with Crippen LogP contribution >= 0.6 is 0 Å². The van der Waals surface area contributed by atoms with Gasteiger partial charge in [-0.2, -0.15) is 5.10 Å². The normalized spacial score (nSPS) is 22.2. The van der Waals surface area contributed by atoms with E-state index in [0.29, 0.717) is 6.04 Å². The van der Waals surface area contributed by atoms with Crippen molar-refractivity contribution in [2.75, 3.05) is 20.1 Å². The lowest BCUT2D eigenvalue weighted by molar-refractivity contribution is -0.136. The van der Waals surface area contributed by atoms with Crippen molar-refractivity contribution in [2.45, 2.75) is 25.3 Å². The van der Waals surface area contributed by atoms with Gasteiger partial charge in [-0.05, 0) is 32.5 Å². The number of rotatable bonds is 3. The van der Waals surface area contributed by atoms with Crippen LogP contribution in [-0.4, -0.2) is 45.9 Å². The second-order valence-corrected chi connectivity index (χ2v) is 4.40. The van der Waals surface area contributed by atoms with Gasteiger partial charge in [0.2, 0.25) is 0 Å². The van der Waals surface area contributed by atoms with Crippen molar-refractivity contribution < 1.29 is 9.90 Å². The van der Waals surface area contributed by atoms with Gasteiger partial charge >= 0.3 is 5.97 Å². The maximum Gasteiger partial charge on any atom is 0.309 e. The summed E-state index contributed by atoms with van der Waals surface area (Å²) in [6.45, 7) is 2.07. The van der Waals surface area contributed by atoms with Gasteiger partial charge in [-0.25, -0.2) is 0 Å². The van der Waals surface area contributed by atoms with E-state index in [2.05, 4.69) is 17.0 Å². The topological polar surface area (TPSA) is 58.4 Å². The maximum atomic E-state index is 10.7. The van der Waals surface area contributed by atoms with E-state index in [4.69, 9.17) is 5.11 Å². The first-order valence-corrected chi connectivity index (χ1v) is 5.59. The van der Waals surface area contributed by atoms with E-state index in [1.165, 1.54) is 0 Å². The molecule has 0 amide bonds. The van der Waals surface area contributed by atoms with Gasteiger partial charge in [-0.3, -0.25) is 9.48 Å². The van der Waals surface area contributed by atoms with E-state index in [0.717, 1.165) is 31.6 Å². The number of likely N-dealkylation sites (tertiary alicyclic amines) is 1. The zero-order valence-electron chi connectivity index (χ0n) is 9.46. The van der Waals surface area contributed by atoms with Crippen molar-refractivity contribution in [1.29, 1.82) is 0 Å². The van der Waals surface area contributed by atoms with Crippen molar-refractivity contribution in [3.63, 3.8) is 0 Å². The summed E-state index contributed by atoms with van der Waals surface area (Å²) in [6.07, 6.45) is 3.97. The molecular weight excluding hydrogens is 206 g/mol. The monoisotopic (exact) mass is 223 g/mol. The summed E-state index contributed by atoms with van der Waals surface area (Å²) < 4.78 is 1.88. The Labute approximate surface area is 94.7 Å². The Balaban J connectivity index is 2.13. The third-order valence-corrected chi connectivity index (χ3v) is 3.03. The molecule has 1 aliphatic rings. The van der Waals surface area contributed by atoms with Crippen LogP contribution in [0.1, 0.15) is 24.6 Å². The van der Waals surface area contributed by atoms with E-state index in [9.17, 15) is 4.79 Å². The zero-order valence-corrected chi connectivity index (χ0v) is 9.46. The molecule has 0 spiro atoms. The van der Waals surface area contributed by atoms with E-state index in [1.807, 2.05) is 4.68 Å². The summed E-state index contributed by atoms with van der Waals surface area (Å²) >= 11 is 0. The Kier molecular flexibility index (Phi) is 3.24. The van der Waals surface area contributed by atoms with Crippen LogP contribution < -0.4 is 0 Å². The molecule has 1 unspecified atom stereocenters. The van der Waals surface area contributed by atoms with E-state index < -0.39 is 5.97 Å². The molecule has 0 aromatic carbocycles. The number of hydrogen-bond donors (Lipinski definition) is 1. The molecule has 5 heteroatoms. The van der Waals surface area contributed by atoms with E-state index in [1.54, 1.807) is 12.3 Å². The number of hydrogen-bond acceptors (Lipinski definition) is 3. The summed E-state index contributed by atoms with van der Waals surface area (Å²) in [7, 11) is 2.09. The molecular formula is C11H17N3O2. The Morgan fingerprint density at radius 3 is 3.19 bits per heavy atom. The van der Waals surface area contributed by atoms with Crippen molar-refractivity contribution in [2.24, 2.45) is 0 Å². The standard InChI is InChI=1S/C11H17N3O2/c1-13-6-2-3-10(8-13)14-9(4-5-12-14)7-11(15)16/h4-5,10H,2-3,6-8H2,1H3,(H,15,16). The van der Waals surface area contributed by atoms with Crippen LogP contribution in [0.5, 0.6) is 0 Å². The number of carboxylic acid groups (broad SMARTS) is 1. The highest BCUT2D eigenvalue weighted by Crippen LogP contribution is 2.21. The molecule has 1 aromatic rings. The fraction of sp³-hybridized carbons (Fsp3) is 0.636. The van der Waals surface area contributed by atoms with Crippen LogP contribution in [0.3, 0.4) is 0 Å². The number of nitrogens with zero attached hydrogens (tertiary/aromatic N) is 3. The Bertz CT molecular complexity index is 375. The van der Waals surface area contributed by atoms with Gasteiger partial charge < -0.3 is 10.0 Å². The summed E-state index contributed by atoms with van der Waals surface area (Å²) in [5.41, 5.74) is 0.799. The average Bonchev–Trinajstić information content (AvgIpc) is 2.65. The van der Waals surface area contributed by atoms with Gasteiger partial charge in [-0.1, -0.05) is 0 Å². The lowest BCUT2D eigenvalue weighted by Gasteiger charge is -2.30. The summed E-state index contributed by atoms with van der Waals surface area (Å²) in [5, 5.41) is 13.1. The number of piperidine rings is 1. The number of carbonyl (C=O) groups is 1. The molecule has 1 saturated heterocycles. The lowest BCUT2D eigenvalue weighted by atomic mass is 10.1. The maximum absolute atomic E-state index is 10.7. The highest BCUT2D eigenvalue weighted by molar-refractivity contribution is 5.69. The Morgan fingerprint density at radius 1 is 1.69 bits per heavy atom. The number of carboxylic acids is 1. The Hall–Kier alpha value is -1.36. The number of aromatic nitrogens is 2. The first-order valence-electron chi connectivity index (χ1n) is 5.59. The molecule has 16 heavy (non-hydrogen) atoms. The predicted octanol–water partition coefficient (Wildman–Crippen LogP) is 0.777. The first kappa shape index (κ1) is 11.1. The third-order valence-electron chi connectivity index (χ3n) is 3.03. The molecule has 1 atom stereocenters. The molecule has 1 aromatic heterocycles. The Morgan fingerprint density at radius 2 is 2.50 bits per heavy atom. The second kappa shape index (κ2) is 4.65. The van der Waals surface area contributed by atoms with E-state index in [-0.39, 0.29) is 6.42 Å². The van der Waals surface area contributed by atoms with Gasteiger partial charge in [0.1, 0.15) is 0 Å². The van der Waals surface area contributed by atoms with Gasteiger partial charge in [0.05, 0.1) is 12.5 Å². The molecule has 88 valence electrons. The van der Waals surface area contributed by atoms with Crippen LogP contribution in [0, 0.1) is 0 Å². The van der Waals surface area contributed by atoms with Gasteiger partial charge in [0.15, 0.2) is 0 Å². The van der Waals surface area contributed by atoms with Crippen molar-refractivity contribution >= 4 is 5.97 Å². The minimum atomic E-state index is -0.800. The van der Waals surface area contributed by atoms with Crippen molar-refractivity contribution in [1.82, 2.24) is 14.7 Å². The number of likely N-dealkylation sites (N-methyl/N-ethyl adjacent to an activating group) is 1. The van der Waals surface area contributed by atoms with Crippen molar-refractivity contribution in [3.05, 3.63) is 18.0 Å². The molecule has 0 radical (unpaired) electrons. The fourth-order valence-corrected chi connectivity index (χ4v) is 2.30. The van der Waals surface area contributed by atoms with Crippen LogP contribution in [-0.2, 0) is 11.2 Å². The lowest BCUT2D eigenvalue weighted by Crippen LogP contribution is -2.34. The third kappa shape index (κ3) is 2.41. The SMILES string of the molecule is CN1CCCC(n2nccc2CC(=O)O)C1. The molecule has 1 aliphatic heterocycles. The smallest absolute Gasteiger partial charge is 0.309 e. The minimum absolute atomic E-state index is 0.0558. The first-order chi connectivity index (χ1) is 7.66. The van der Waals surface area contributed by atoms with Crippen LogP contribution in [0.15, 0.2) is 12.3 Å². The molecule has 1 fully saturated rings. The summed E-state index contributed by atoms with van der Waals surface area (Å²) in [5.74, 6) is -0.800. The highest BCUT2D eigenvalue weighted by Gasteiger charge is 2.21. The largest absolute Gasteiger partial charge is 0.481 e. The van der Waals surface area contributed by atoms with Crippen LogP contribution in [0.25, 0.3) is 0 Å². The van der Waals surface area contributed by atoms with Crippen LogP contribution in [0.4, 0.5) is 0 Å². The molecule has 0 saturated carbocycles. The van der Waals surface area contributed by atoms with Crippen LogP contribution in [0.2, 0.25) is 0 Å². The predicted molar refractivity (Wildman–Crippen MR) is 59.3 cm³/mol. The average molecular weight is 223 g/mol. The summed E-state index contributed by atoms with van der Waals surface area (Å²) in [6, 6.07) is 2.12. The molecule has 5 nitrogen and oxygen atoms in total. The van der Waals surface area contributed by atoms with Gasteiger partial charge in [0, 0.05) is 18.4 Å². The van der Waals surface area contributed by atoms with E-state index >= 15 is 0 Å². The summed E-state index contributed by atoms with van der Waals surface area (Å²) in [4.78, 5) is 13.0. The molecule has 1 N–H and O–H groups in total. The molecule has 0 bridgehead atoms. The minimum Gasteiger partial charge on any atom is -0.481 e. The zero-order chi connectivity index (χ0) is 11.5. The van der Waals surface area contributed by atoms with Crippen molar-refractivity contribution in [3.8, 4) is 0 Å². The van der Waals surface area contributed by atoms with Gasteiger partial charge in [0.25, 0.3) is 0 Å². The molecule has 0 aliphatic carbocycles. The molecule has 2 rings (SSSR count). The quantitative estimate of drug-likeness (QED) is 0.822. The number of aliphatic carboxylic acids is 1. The fourth-order valence-electron chi connectivity index (χ4n) is 2.30. The second-order valence-electron chi connectivity index (χ2n) is 4.40. The molecule has 2 heterocycles.